The van der Waals surface area contributed by atoms with Crippen LogP contribution in [0.25, 0.3) is 22.4 Å². The number of aromatic nitrogens is 3. The van der Waals surface area contributed by atoms with E-state index in [-0.39, 0.29) is 11.1 Å². The highest BCUT2D eigenvalue weighted by molar-refractivity contribution is 7.99. The second-order valence-corrected chi connectivity index (χ2v) is 4.95. The molecule has 0 bridgehead atoms. The summed E-state index contributed by atoms with van der Waals surface area (Å²) in [6.07, 6.45) is -2.57. The van der Waals surface area contributed by atoms with E-state index in [1.54, 1.807) is 6.20 Å². The average molecular weight is 299 g/mol. The molecule has 0 saturated carbocycles. The molecule has 0 fully saturated rings. The number of nitrogens with one attached hydrogen (secondary N) is 1. The molecule has 1 N–H and O–H groups in total. The molecule has 3 aromatic rings. The summed E-state index contributed by atoms with van der Waals surface area (Å²) in [5, 5.41) is 8.18. The number of hydrogen-bond donors (Lipinski definition) is 1. The fourth-order valence-electron chi connectivity index (χ4n) is 1.77. The van der Waals surface area contributed by atoms with Crippen LogP contribution < -0.4 is 0 Å². The van der Waals surface area contributed by atoms with Crippen LogP contribution in [0.5, 0.6) is 0 Å². The SMILES string of the molecule is FC(F)(F)CSc1nnc(-c2c[nH]c3ccccc23)o1. The van der Waals surface area contributed by atoms with Gasteiger partial charge in [0.2, 0.25) is 0 Å². The van der Waals surface area contributed by atoms with Crippen LogP contribution in [0.15, 0.2) is 40.1 Å². The van der Waals surface area contributed by atoms with Crippen molar-refractivity contribution in [1.29, 1.82) is 0 Å². The highest BCUT2D eigenvalue weighted by Gasteiger charge is 2.28. The van der Waals surface area contributed by atoms with Crippen molar-refractivity contribution < 1.29 is 17.6 Å². The first kappa shape index (κ1) is 13.0. The third-order valence-corrected chi connectivity index (χ3v) is 3.47. The standard InChI is InChI=1S/C12H8F3N3OS/c13-12(14,15)6-20-11-18-17-10(19-11)8-5-16-9-4-2-1-3-7(8)9/h1-5,16H,6H2. The van der Waals surface area contributed by atoms with Gasteiger partial charge in [-0.05, 0) is 6.07 Å². The van der Waals surface area contributed by atoms with E-state index in [1.165, 1.54) is 0 Å². The number of benzene rings is 1. The van der Waals surface area contributed by atoms with Gasteiger partial charge in [0.1, 0.15) is 0 Å². The zero-order valence-corrected chi connectivity index (χ0v) is 10.8. The average Bonchev–Trinajstić information content (AvgIpc) is 3.01. The molecule has 0 saturated heterocycles. The van der Waals surface area contributed by atoms with Crippen LogP contribution in [-0.4, -0.2) is 27.1 Å². The molecule has 0 aliphatic carbocycles. The second kappa shape index (κ2) is 4.86. The van der Waals surface area contributed by atoms with Crippen LogP contribution in [-0.2, 0) is 0 Å². The summed E-state index contributed by atoms with van der Waals surface area (Å²) < 4.78 is 41.6. The molecule has 0 spiro atoms. The maximum absolute atomic E-state index is 12.1. The maximum Gasteiger partial charge on any atom is 0.398 e. The molecule has 104 valence electrons. The molecule has 0 radical (unpaired) electrons. The first-order valence-corrected chi connectivity index (χ1v) is 6.61. The van der Waals surface area contributed by atoms with Crippen molar-refractivity contribution in [3.05, 3.63) is 30.5 Å². The van der Waals surface area contributed by atoms with E-state index in [4.69, 9.17) is 4.42 Å². The summed E-state index contributed by atoms with van der Waals surface area (Å²) in [5.41, 5.74) is 1.57. The van der Waals surface area contributed by atoms with Crippen molar-refractivity contribution in [3.8, 4) is 11.5 Å². The van der Waals surface area contributed by atoms with Gasteiger partial charge in [-0.2, -0.15) is 13.2 Å². The summed E-state index contributed by atoms with van der Waals surface area (Å²) in [5.74, 6) is -0.852. The van der Waals surface area contributed by atoms with Crippen LogP contribution in [0.2, 0.25) is 0 Å². The van der Waals surface area contributed by atoms with E-state index in [9.17, 15) is 13.2 Å². The van der Waals surface area contributed by atoms with Crippen molar-refractivity contribution in [2.24, 2.45) is 0 Å². The zero-order chi connectivity index (χ0) is 14.2. The largest absolute Gasteiger partial charge is 0.411 e. The van der Waals surface area contributed by atoms with Crippen LogP contribution in [0.3, 0.4) is 0 Å². The summed E-state index contributed by atoms with van der Waals surface area (Å²) >= 11 is 0.475. The van der Waals surface area contributed by atoms with E-state index in [1.807, 2.05) is 24.3 Å². The molecular formula is C12H8F3N3OS. The van der Waals surface area contributed by atoms with Gasteiger partial charge in [-0.15, -0.1) is 10.2 Å². The number of halogens is 3. The van der Waals surface area contributed by atoms with Gasteiger partial charge in [-0.25, -0.2) is 0 Å². The highest BCUT2D eigenvalue weighted by Crippen LogP contribution is 2.31. The van der Waals surface area contributed by atoms with Gasteiger partial charge < -0.3 is 9.40 Å². The lowest BCUT2D eigenvalue weighted by atomic mass is 10.2. The van der Waals surface area contributed by atoms with Gasteiger partial charge in [0, 0.05) is 17.1 Å². The van der Waals surface area contributed by atoms with Gasteiger partial charge in [-0.3, -0.25) is 0 Å². The quantitative estimate of drug-likeness (QED) is 0.746. The Hall–Kier alpha value is -1.96. The zero-order valence-electron chi connectivity index (χ0n) is 9.94. The van der Waals surface area contributed by atoms with Gasteiger partial charge in [-0.1, -0.05) is 30.0 Å². The minimum atomic E-state index is -4.26. The van der Waals surface area contributed by atoms with Gasteiger partial charge >= 0.3 is 6.18 Å². The summed E-state index contributed by atoms with van der Waals surface area (Å²) in [7, 11) is 0. The van der Waals surface area contributed by atoms with Crippen molar-refractivity contribution in [1.82, 2.24) is 15.2 Å². The molecule has 0 aliphatic heterocycles. The topological polar surface area (TPSA) is 54.7 Å². The molecule has 8 heteroatoms. The molecule has 1 aromatic carbocycles. The Morgan fingerprint density at radius 3 is 2.80 bits per heavy atom. The van der Waals surface area contributed by atoms with Crippen LogP contribution in [0.4, 0.5) is 13.2 Å². The predicted octanol–water partition coefficient (Wildman–Crippen LogP) is 3.87. The first-order valence-electron chi connectivity index (χ1n) is 5.62. The van der Waals surface area contributed by atoms with Crippen molar-refractivity contribution in [2.45, 2.75) is 11.4 Å². The Bertz CT molecular complexity index is 735. The monoisotopic (exact) mass is 299 g/mol. The Morgan fingerprint density at radius 1 is 1.20 bits per heavy atom. The van der Waals surface area contributed by atoms with Gasteiger partial charge in [0.15, 0.2) is 0 Å². The van der Waals surface area contributed by atoms with Crippen molar-refractivity contribution in [3.63, 3.8) is 0 Å². The second-order valence-electron chi connectivity index (χ2n) is 4.02. The molecule has 0 atom stereocenters. The van der Waals surface area contributed by atoms with Crippen LogP contribution >= 0.6 is 11.8 Å². The van der Waals surface area contributed by atoms with Crippen molar-refractivity contribution >= 4 is 22.7 Å². The van der Waals surface area contributed by atoms with E-state index >= 15 is 0 Å². The number of para-hydroxylation sites is 1. The minimum Gasteiger partial charge on any atom is -0.411 e. The van der Waals surface area contributed by atoms with E-state index < -0.39 is 11.9 Å². The fraction of sp³-hybridized carbons (Fsp3) is 0.167. The summed E-state index contributed by atoms with van der Waals surface area (Å²) in [6.45, 7) is 0. The summed E-state index contributed by atoms with van der Waals surface area (Å²) in [6, 6.07) is 7.48. The number of aromatic amines is 1. The van der Waals surface area contributed by atoms with Crippen LogP contribution in [0, 0.1) is 0 Å². The van der Waals surface area contributed by atoms with Crippen molar-refractivity contribution in [2.75, 3.05) is 5.75 Å². The molecule has 20 heavy (non-hydrogen) atoms. The smallest absolute Gasteiger partial charge is 0.398 e. The van der Waals surface area contributed by atoms with Gasteiger partial charge in [0.25, 0.3) is 11.1 Å². The number of rotatable bonds is 3. The van der Waals surface area contributed by atoms with E-state index in [0.29, 0.717) is 17.3 Å². The number of H-pyrrole nitrogens is 1. The molecule has 2 heterocycles. The van der Waals surface area contributed by atoms with E-state index in [0.717, 1.165) is 10.9 Å². The minimum absolute atomic E-state index is 0.0948. The van der Waals surface area contributed by atoms with Crippen LogP contribution in [0.1, 0.15) is 0 Å². The number of thioether (sulfide) groups is 1. The number of nitrogens with zero attached hydrogens (tertiary/aromatic N) is 2. The molecule has 3 rings (SSSR count). The Balaban J connectivity index is 1.86. The van der Waals surface area contributed by atoms with E-state index in [2.05, 4.69) is 15.2 Å². The normalized spacial score (nSPS) is 12.2. The molecular weight excluding hydrogens is 291 g/mol. The molecule has 0 amide bonds. The van der Waals surface area contributed by atoms with Gasteiger partial charge in [0.05, 0.1) is 11.3 Å². The molecule has 0 aliphatic rings. The third kappa shape index (κ3) is 2.64. The molecule has 2 aromatic heterocycles. The molecule has 4 nitrogen and oxygen atoms in total. The predicted molar refractivity (Wildman–Crippen MR) is 68.4 cm³/mol. The first-order chi connectivity index (χ1) is 9.53. The Labute approximate surface area is 115 Å². The lowest BCUT2D eigenvalue weighted by molar-refractivity contribution is -0.105. The fourth-order valence-corrected chi connectivity index (χ4v) is 2.29. The number of alkyl halides is 3. The lowest BCUT2D eigenvalue weighted by Crippen LogP contribution is -2.10. The summed E-state index contributed by atoms with van der Waals surface area (Å²) in [4.78, 5) is 3.04. The molecule has 0 unspecified atom stereocenters. The number of fused-ring (bicyclic) bond motifs is 1. The highest BCUT2D eigenvalue weighted by atomic mass is 32.2. The maximum atomic E-state index is 12.1. The number of hydrogen-bond acceptors (Lipinski definition) is 4. The third-order valence-electron chi connectivity index (χ3n) is 2.59. The lowest BCUT2D eigenvalue weighted by Gasteiger charge is -2.01. The Kier molecular flexibility index (Phi) is 3.17. The Morgan fingerprint density at radius 2 is 2.00 bits per heavy atom.